The second-order valence-corrected chi connectivity index (χ2v) is 4.51. The molecular weight excluding hydrogens is 292 g/mol. The predicted molar refractivity (Wildman–Crippen MR) is 78.1 cm³/mol. The lowest BCUT2D eigenvalue weighted by atomic mass is 10.1. The van der Waals surface area contributed by atoms with Gasteiger partial charge in [-0.05, 0) is 12.1 Å². The molecule has 0 heterocycles. The number of nitro groups is 1. The monoisotopic (exact) mass is 302 g/mol. The summed E-state index contributed by atoms with van der Waals surface area (Å²) in [4.78, 5) is 10.2. The lowest BCUT2D eigenvalue weighted by Crippen LogP contribution is -2.00. The smallest absolute Gasteiger partial charge is 0.270 e. The largest absolute Gasteiger partial charge is 0.489 e. The second kappa shape index (κ2) is 6.73. The minimum Gasteiger partial charge on any atom is -0.489 e. The SMILES string of the molecule is N#Cc1ccccc1COc1ccc([N+](=O)[O-])cc1CCl. The normalized spacial score (nSPS) is 9.90. The number of hydrogen-bond acceptors (Lipinski definition) is 4. The third kappa shape index (κ3) is 3.50. The van der Waals surface area contributed by atoms with E-state index in [1.807, 2.05) is 6.07 Å². The molecular formula is C15H11ClN2O3. The highest BCUT2D eigenvalue weighted by atomic mass is 35.5. The lowest BCUT2D eigenvalue weighted by molar-refractivity contribution is -0.384. The summed E-state index contributed by atoms with van der Waals surface area (Å²) in [7, 11) is 0. The number of halogens is 1. The molecule has 0 spiro atoms. The molecule has 0 radical (unpaired) electrons. The maximum Gasteiger partial charge on any atom is 0.270 e. The fourth-order valence-electron chi connectivity index (χ4n) is 1.84. The van der Waals surface area contributed by atoms with Gasteiger partial charge in [0.25, 0.3) is 5.69 Å². The Morgan fingerprint density at radius 2 is 2.00 bits per heavy atom. The minimum absolute atomic E-state index is 0.0320. The van der Waals surface area contributed by atoms with Crippen LogP contribution in [0.5, 0.6) is 5.75 Å². The average Bonchev–Trinajstić information content (AvgIpc) is 2.52. The lowest BCUT2D eigenvalue weighted by Gasteiger charge is -2.10. The van der Waals surface area contributed by atoms with Crippen LogP contribution in [0.1, 0.15) is 16.7 Å². The van der Waals surface area contributed by atoms with E-state index in [1.165, 1.54) is 18.2 Å². The number of non-ortho nitro benzene ring substituents is 1. The van der Waals surface area contributed by atoms with E-state index in [9.17, 15) is 10.1 Å². The number of alkyl halides is 1. The number of nitro benzene ring substituents is 1. The molecule has 0 aromatic heterocycles. The van der Waals surface area contributed by atoms with Gasteiger partial charge in [0.15, 0.2) is 0 Å². The molecule has 0 fully saturated rings. The van der Waals surface area contributed by atoms with Crippen molar-refractivity contribution in [3.8, 4) is 11.8 Å². The fourth-order valence-corrected chi connectivity index (χ4v) is 2.04. The van der Waals surface area contributed by atoms with Crippen LogP contribution in [-0.2, 0) is 12.5 Å². The molecule has 2 aromatic carbocycles. The van der Waals surface area contributed by atoms with Crippen LogP contribution in [0.3, 0.4) is 0 Å². The number of rotatable bonds is 5. The van der Waals surface area contributed by atoms with Crippen molar-refractivity contribution in [2.24, 2.45) is 0 Å². The molecule has 0 N–H and O–H groups in total. The number of benzene rings is 2. The Morgan fingerprint density at radius 1 is 1.24 bits per heavy atom. The highest BCUT2D eigenvalue weighted by Gasteiger charge is 2.11. The highest BCUT2D eigenvalue weighted by Crippen LogP contribution is 2.26. The summed E-state index contributed by atoms with van der Waals surface area (Å²) in [5.74, 6) is 0.583. The first-order valence-electron chi connectivity index (χ1n) is 6.09. The fraction of sp³-hybridized carbons (Fsp3) is 0.133. The van der Waals surface area contributed by atoms with E-state index in [0.29, 0.717) is 16.9 Å². The van der Waals surface area contributed by atoms with Crippen LogP contribution in [0, 0.1) is 21.4 Å². The second-order valence-electron chi connectivity index (χ2n) is 4.24. The van der Waals surface area contributed by atoms with Crippen molar-refractivity contribution in [1.82, 2.24) is 0 Å². The van der Waals surface area contributed by atoms with Crippen LogP contribution >= 0.6 is 11.6 Å². The van der Waals surface area contributed by atoms with Crippen molar-refractivity contribution in [2.75, 3.05) is 0 Å². The van der Waals surface area contributed by atoms with Crippen molar-refractivity contribution < 1.29 is 9.66 Å². The molecule has 0 aliphatic heterocycles. The van der Waals surface area contributed by atoms with E-state index in [2.05, 4.69) is 6.07 Å². The summed E-state index contributed by atoms with van der Waals surface area (Å²) >= 11 is 5.79. The Kier molecular flexibility index (Phi) is 4.75. The summed E-state index contributed by atoms with van der Waals surface area (Å²) in [6.07, 6.45) is 0. The third-order valence-corrected chi connectivity index (χ3v) is 3.21. The molecule has 0 bridgehead atoms. The van der Waals surface area contributed by atoms with Crippen LogP contribution < -0.4 is 4.74 Å². The Hall–Kier alpha value is -2.58. The number of hydrogen-bond donors (Lipinski definition) is 0. The summed E-state index contributed by atoms with van der Waals surface area (Å²) in [6.45, 7) is 0.200. The van der Waals surface area contributed by atoms with Gasteiger partial charge in [-0.3, -0.25) is 10.1 Å². The molecule has 0 aliphatic rings. The Labute approximate surface area is 126 Å². The zero-order valence-electron chi connectivity index (χ0n) is 11.0. The highest BCUT2D eigenvalue weighted by molar-refractivity contribution is 6.17. The number of ether oxygens (including phenoxy) is 1. The third-order valence-electron chi connectivity index (χ3n) is 2.92. The van der Waals surface area contributed by atoms with Crippen molar-refractivity contribution in [3.63, 3.8) is 0 Å². The summed E-state index contributed by atoms with van der Waals surface area (Å²) in [5, 5.41) is 19.7. The Morgan fingerprint density at radius 3 is 2.67 bits per heavy atom. The van der Waals surface area contributed by atoms with Crippen molar-refractivity contribution in [3.05, 3.63) is 69.3 Å². The first-order chi connectivity index (χ1) is 10.2. The predicted octanol–water partition coefficient (Wildman–Crippen LogP) is 3.78. The minimum atomic E-state index is -0.481. The van der Waals surface area contributed by atoms with Crippen LogP contribution in [0.25, 0.3) is 0 Å². The molecule has 0 amide bonds. The van der Waals surface area contributed by atoms with E-state index < -0.39 is 4.92 Å². The summed E-state index contributed by atoms with van der Waals surface area (Å²) in [5.41, 5.74) is 1.79. The zero-order valence-corrected chi connectivity index (χ0v) is 11.7. The summed E-state index contributed by atoms with van der Waals surface area (Å²) in [6, 6.07) is 13.5. The van der Waals surface area contributed by atoms with E-state index in [1.54, 1.807) is 18.2 Å². The first kappa shape index (κ1) is 14.8. The standard InChI is InChI=1S/C15H11ClN2O3/c16-8-13-7-14(18(19)20)5-6-15(13)21-10-12-4-2-1-3-11(12)9-17/h1-7H,8,10H2. The van der Waals surface area contributed by atoms with Gasteiger partial charge in [-0.1, -0.05) is 18.2 Å². The van der Waals surface area contributed by atoms with Crippen molar-refractivity contribution >= 4 is 17.3 Å². The first-order valence-corrected chi connectivity index (χ1v) is 6.63. The van der Waals surface area contributed by atoms with Gasteiger partial charge < -0.3 is 4.74 Å². The van der Waals surface area contributed by atoms with Gasteiger partial charge in [-0.2, -0.15) is 5.26 Å². The van der Waals surface area contributed by atoms with Crippen LogP contribution in [0.15, 0.2) is 42.5 Å². The van der Waals surface area contributed by atoms with E-state index in [0.717, 1.165) is 5.56 Å². The maximum atomic E-state index is 10.7. The molecule has 0 atom stereocenters. The van der Waals surface area contributed by atoms with Gasteiger partial charge in [0.2, 0.25) is 0 Å². The molecule has 0 saturated heterocycles. The Balaban J connectivity index is 2.20. The van der Waals surface area contributed by atoms with Crippen LogP contribution in [-0.4, -0.2) is 4.92 Å². The van der Waals surface area contributed by atoms with Crippen LogP contribution in [0.2, 0.25) is 0 Å². The molecule has 2 aromatic rings. The van der Waals surface area contributed by atoms with E-state index in [4.69, 9.17) is 21.6 Å². The van der Waals surface area contributed by atoms with E-state index in [-0.39, 0.29) is 18.2 Å². The quantitative estimate of drug-likeness (QED) is 0.478. The Bertz CT molecular complexity index is 710. The van der Waals surface area contributed by atoms with E-state index >= 15 is 0 Å². The zero-order chi connectivity index (χ0) is 15.2. The molecule has 6 heteroatoms. The molecule has 106 valence electrons. The average molecular weight is 303 g/mol. The van der Waals surface area contributed by atoms with Gasteiger partial charge in [0.05, 0.1) is 22.4 Å². The topological polar surface area (TPSA) is 76.2 Å². The van der Waals surface area contributed by atoms with Gasteiger partial charge in [-0.15, -0.1) is 11.6 Å². The molecule has 0 saturated carbocycles. The molecule has 5 nitrogen and oxygen atoms in total. The molecule has 2 rings (SSSR count). The number of nitriles is 1. The van der Waals surface area contributed by atoms with Crippen molar-refractivity contribution in [1.29, 1.82) is 5.26 Å². The summed E-state index contributed by atoms with van der Waals surface area (Å²) < 4.78 is 5.63. The molecule has 0 aliphatic carbocycles. The van der Waals surface area contributed by atoms with Crippen LogP contribution in [0.4, 0.5) is 5.69 Å². The number of nitrogens with zero attached hydrogens (tertiary/aromatic N) is 2. The molecule has 21 heavy (non-hydrogen) atoms. The van der Waals surface area contributed by atoms with Gasteiger partial charge in [0, 0.05) is 23.3 Å². The molecule has 0 unspecified atom stereocenters. The van der Waals surface area contributed by atoms with Crippen molar-refractivity contribution in [2.45, 2.75) is 12.5 Å². The maximum absolute atomic E-state index is 10.7. The van der Waals surface area contributed by atoms with Gasteiger partial charge in [0.1, 0.15) is 12.4 Å². The van der Waals surface area contributed by atoms with Gasteiger partial charge >= 0.3 is 0 Å². The van der Waals surface area contributed by atoms with Gasteiger partial charge in [-0.25, -0.2) is 0 Å².